The predicted octanol–water partition coefficient (Wildman–Crippen LogP) is 4.47. The molecule has 0 saturated carbocycles. The Bertz CT molecular complexity index is 787. The third-order valence-electron chi connectivity index (χ3n) is 3.91. The van der Waals surface area contributed by atoms with Gasteiger partial charge < -0.3 is 5.32 Å². The minimum absolute atomic E-state index is 0.00690. The second kappa shape index (κ2) is 6.66. The van der Waals surface area contributed by atoms with Gasteiger partial charge in [-0.3, -0.25) is 0 Å². The Hall–Kier alpha value is -1.95. The lowest BCUT2D eigenvalue weighted by Gasteiger charge is -2.19. The Kier molecular flexibility index (Phi) is 5.04. The van der Waals surface area contributed by atoms with Gasteiger partial charge in [-0.05, 0) is 61.7 Å². The molecule has 0 bridgehead atoms. The lowest BCUT2D eigenvalue weighted by molar-refractivity contribution is 0.234. The molecule has 0 amide bonds. The average molecular weight is 339 g/mol. The average Bonchev–Trinajstić information content (AvgIpc) is 2.50. The zero-order valence-corrected chi connectivity index (χ0v) is 14.0. The van der Waals surface area contributed by atoms with Gasteiger partial charge in [0.1, 0.15) is 0 Å². The molecule has 1 atom stereocenters. The summed E-state index contributed by atoms with van der Waals surface area (Å²) in [5.41, 5.74) is 4.18. The number of nitrogens with one attached hydrogen (secondary N) is 1. The highest BCUT2D eigenvalue weighted by atomic mass is 32.2. The first-order valence-corrected chi connectivity index (χ1v) is 8.73. The number of anilines is 1. The highest BCUT2D eigenvalue weighted by Crippen LogP contribution is 2.25. The van der Waals surface area contributed by atoms with Gasteiger partial charge in [0.25, 0.3) is 0 Å². The molecule has 0 aliphatic carbocycles. The highest BCUT2D eigenvalue weighted by Gasteiger charge is 2.26. The molecule has 0 aliphatic heterocycles. The van der Waals surface area contributed by atoms with E-state index < -0.39 is 15.6 Å². The first-order chi connectivity index (χ1) is 10.7. The van der Waals surface area contributed by atoms with Crippen LogP contribution in [0.2, 0.25) is 0 Å². The van der Waals surface area contributed by atoms with Crippen LogP contribution in [0.25, 0.3) is 0 Å². The molecule has 2 aromatic carbocycles. The van der Waals surface area contributed by atoms with Crippen LogP contribution in [-0.4, -0.2) is 14.2 Å². The van der Waals surface area contributed by atoms with Crippen LogP contribution in [0, 0.1) is 13.8 Å². The Morgan fingerprint density at radius 3 is 2.17 bits per heavy atom. The maximum Gasteiger partial charge on any atom is 0.341 e. The molecular weight excluding hydrogens is 320 g/mol. The third kappa shape index (κ3) is 3.69. The van der Waals surface area contributed by atoms with Gasteiger partial charge in [-0.2, -0.15) is 8.78 Å². The lowest BCUT2D eigenvalue weighted by Crippen LogP contribution is -2.12. The van der Waals surface area contributed by atoms with E-state index in [1.54, 1.807) is 0 Å². The third-order valence-corrected chi connectivity index (χ3v) is 5.31. The van der Waals surface area contributed by atoms with Crippen molar-refractivity contribution in [1.29, 1.82) is 0 Å². The summed E-state index contributed by atoms with van der Waals surface area (Å²) in [5.74, 6) is -3.41. The topological polar surface area (TPSA) is 46.2 Å². The summed E-state index contributed by atoms with van der Waals surface area (Å²) >= 11 is 0. The summed E-state index contributed by atoms with van der Waals surface area (Å²) in [4.78, 5) is -0.377. The predicted molar refractivity (Wildman–Crippen MR) is 87.6 cm³/mol. The molecule has 3 nitrogen and oxygen atoms in total. The van der Waals surface area contributed by atoms with Crippen molar-refractivity contribution in [3.05, 3.63) is 59.2 Å². The van der Waals surface area contributed by atoms with Crippen molar-refractivity contribution >= 4 is 15.5 Å². The first kappa shape index (κ1) is 17.4. The minimum Gasteiger partial charge on any atom is -0.379 e. The normalized spacial score (nSPS) is 13.1. The lowest BCUT2D eigenvalue weighted by atomic mass is 9.98. The second-order valence-corrected chi connectivity index (χ2v) is 7.40. The van der Waals surface area contributed by atoms with Crippen LogP contribution < -0.4 is 5.32 Å². The van der Waals surface area contributed by atoms with Gasteiger partial charge in [-0.15, -0.1) is 0 Å². The molecule has 6 heteroatoms. The van der Waals surface area contributed by atoms with E-state index >= 15 is 0 Å². The van der Waals surface area contributed by atoms with Crippen LogP contribution in [0.1, 0.15) is 29.7 Å². The fraction of sp³-hybridized carbons (Fsp3) is 0.294. The van der Waals surface area contributed by atoms with Crippen LogP contribution in [-0.2, 0) is 9.84 Å². The highest BCUT2D eigenvalue weighted by molar-refractivity contribution is 7.91. The van der Waals surface area contributed by atoms with E-state index in [0.717, 1.165) is 5.56 Å². The smallest absolute Gasteiger partial charge is 0.341 e. The van der Waals surface area contributed by atoms with Gasteiger partial charge in [-0.1, -0.05) is 18.2 Å². The van der Waals surface area contributed by atoms with Crippen LogP contribution in [0.3, 0.4) is 0 Å². The second-order valence-electron chi connectivity index (χ2n) is 5.49. The largest absolute Gasteiger partial charge is 0.379 e. The summed E-state index contributed by atoms with van der Waals surface area (Å²) in [6.07, 6.45) is 0. The Morgan fingerprint density at radius 2 is 1.61 bits per heavy atom. The van der Waals surface area contributed by atoms with Gasteiger partial charge in [0.2, 0.25) is 9.84 Å². The van der Waals surface area contributed by atoms with Crippen molar-refractivity contribution in [1.82, 2.24) is 0 Å². The van der Waals surface area contributed by atoms with E-state index in [2.05, 4.69) is 5.32 Å². The van der Waals surface area contributed by atoms with E-state index in [-0.39, 0.29) is 10.9 Å². The number of benzene rings is 2. The molecule has 0 aromatic heterocycles. The molecule has 2 rings (SSSR count). The molecular formula is C17H19F2NO2S. The quantitative estimate of drug-likeness (QED) is 0.874. The van der Waals surface area contributed by atoms with Gasteiger partial charge in [0.15, 0.2) is 0 Å². The number of hydrogen-bond donors (Lipinski definition) is 1. The zero-order chi connectivity index (χ0) is 17.2. The Balaban J connectivity index is 2.20. The monoisotopic (exact) mass is 339 g/mol. The number of alkyl halides is 2. The van der Waals surface area contributed by atoms with Crippen molar-refractivity contribution in [2.45, 2.75) is 37.5 Å². The van der Waals surface area contributed by atoms with Gasteiger partial charge >= 0.3 is 5.76 Å². The molecule has 0 heterocycles. The summed E-state index contributed by atoms with van der Waals surface area (Å²) in [7, 11) is -4.55. The number of sulfone groups is 1. The van der Waals surface area contributed by atoms with Crippen LogP contribution >= 0.6 is 0 Å². The Labute approximate surface area is 135 Å². The molecule has 0 spiro atoms. The van der Waals surface area contributed by atoms with E-state index in [1.165, 1.54) is 35.4 Å². The van der Waals surface area contributed by atoms with E-state index in [1.807, 2.05) is 39.0 Å². The van der Waals surface area contributed by atoms with Crippen molar-refractivity contribution in [2.75, 3.05) is 5.32 Å². The number of rotatable bonds is 5. The molecule has 2 aromatic rings. The molecule has 0 aliphatic rings. The van der Waals surface area contributed by atoms with Gasteiger partial charge in [-0.25, -0.2) is 8.42 Å². The van der Waals surface area contributed by atoms with Crippen LogP contribution in [0.15, 0.2) is 47.4 Å². The maximum atomic E-state index is 12.5. The molecule has 0 fully saturated rings. The van der Waals surface area contributed by atoms with E-state index in [0.29, 0.717) is 5.69 Å². The summed E-state index contributed by atoms with van der Waals surface area (Å²) in [6.45, 7) is 6.07. The van der Waals surface area contributed by atoms with Crippen molar-refractivity contribution in [3.8, 4) is 0 Å². The Morgan fingerprint density at radius 1 is 1.00 bits per heavy atom. The molecule has 23 heavy (non-hydrogen) atoms. The van der Waals surface area contributed by atoms with Crippen molar-refractivity contribution in [2.24, 2.45) is 0 Å². The van der Waals surface area contributed by atoms with Crippen molar-refractivity contribution < 1.29 is 17.2 Å². The van der Waals surface area contributed by atoms with E-state index in [4.69, 9.17) is 0 Å². The van der Waals surface area contributed by atoms with Gasteiger partial charge in [0.05, 0.1) is 4.90 Å². The molecule has 124 valence electrons. The number of aryl methyl sites for hydroxylation is 1. The summed E-state index contributed by atoms with van der Waals surface area (Å²) < 4.78 is 47.8. The molecule has 1 unspecified atom stereocenters. The fourth-order valence-corrected chi connectivity index (χ4v) is 3.14. The summed E-state index contributed by atoms with van der Waals surface area (Å²) in [5, 5.41) is 3.25. The van der Waals surface area contributed by atoms with Crippen LogP contribution in [0.5, 0.6) is 0 Å². The minimum atomic E-state index is -4.55. The standard InChI is InChI=1S/C17H19F2NO2S/c1-11-5-4-6-16(12(11)2)13(3)20-14-7-9-15(10-8-14)23(21,22)17(18)19/h4-10,13,17,20H,1-3H3. The summed E-state index contributed by atoms with van der Waals surface area (Å²) in [6, 6.07) is 11.4. The number of hydrogen-bond acceptors (Lipinski definition) is 3. The molecule has 0 saturated heterocycles. The SMILES string of the molecule is Cc1cccc(C(C)Nc2ccc(S(=O)(=O)C(F)F)cc2)c1C. The molecule has 1 N–H and O–H groups in total. The van der Waals surface area contributed by atoms with Crippen molar-refractivity contribution in [3.63, 3.8) is 0 Å². The zero-order valence-electron chi connectivity index (χ0n) is 13.2. The maximum absolute atomic E-state index is 12.5. The first-order valence-electron chi connectivity index (χ1n) is 7.18. The van der Waals surface area contributed by atoms with Gasteiger partial charge in [0, 0.05) is 11.7 Å². The number of halogens is 2. The van der Waals surface area contributed by atoms with E-state index in [9.17, 15) is 17.2 Å². The van der Waals surface area contributed by atoms with Crippen LogP contribution in [0.4, 0.5) is 14.5 Å². The fourth-order valence-electron chi connectivity index (χ4n) is 2.41. The molecule has 0 radical (unpaired) electrons.